The molecule has 0 heterocycles. The molecule has 0 aliphatic heterocycles. The van der Waals surface area contributed by atoms with Gasteiger partial charge in [0.1, 0.15) is 5.75 Å². The van der Waals surface area contributed by atoms with Crippen LogP contribution in [0.3, 0.4) is 0 Å². The van der Waals surface area contributed by atoms with E-state index >= 15 is 0 Å². The van der Waals surface area contributed by atoms with E-state index in [1.54, 1.807) is 25.3 Å². The highest BCUT2D eigenvalue weighted by Gasteiger charge is 2.19. The molecule has 26 heavy (non-hydrogen) atoms. The fourth-order valence-corrected chi connectivity index (χ4v) is 4.17. The van der Waals surface area contributed by atoms with E-state index in [9.17, 15) is 8.42 Å². The van der Waals surface area contributed by atoms with Gasteiger partial charge in [-0.1, -0.05) is 30.3 Å². The van der Waals surface area contributed by atoms with Gasteiger partial charge in [0.2, 0.25) is 10.0 Å². The number of methoxy groups -OCH3 is 1. The van der Waals surface area contributed by atoms with Crippen LogP contribution in [0.5, 0.6) is 5.75 Å². The lowest BCUT2D eigenvalue weighted by Gasteiger charge is -2.16. The van der Waals surface area contributed by atoms with Crippen molar-refractivity contribution in [3.8, 4) is 5.75 Å². The standard InChI is InChI=1S/C21H23NO3S/c1-14-5-6-17(11-15(14)2)16(3)22-26(23,24)21-10-8-18-12-20(25-4)9-7-19(18)13-21/h5-13,16,22H,1-4H3. The van der Waals surface area contributed by atoms with Crippen molar-refractivity contribution in [2.24, 2.45) is 0 Å². The first kappa shape index (κ1) is 18.4. The van der Waals surface area contributed by atoms with Crippen LogP contribution in [0, 0.1) is 13.8 Å². The Morgan fingerprint density at radius 1 is 0.885 bits per heavy atom. The molecule has 136 valence electrons. The molecule has 0 saturated heterocycles. The Hall–Kier alpha value is -2.37. The first-order chi connectivity index (χ1) is 12.3. The summed E-state index contributed by atoms with van der Waals surface area (Å²) in [6.07, 6.45) is 0. The zero-order valence-electron chi connectivity index (χ0n) is 15.4. The Kier molecular flexibility index (Phi) is 5.03. The molecule has 3 aromatic rings. The van der Waals surface area contributed by atoms with Crippen molar-refractivity contribution in [3.05, 3.63) is 71.3 Å². The van der Waals surface area contributed by atoms with E-state index in [-0.39, 0.29) is 10.9 Å². The minimum atomic E-state index is -3.62. The van der Waals surface area contributed by atoms with Crippen LogP contribution in [-0.2, 0) is 10.0 Å². The van der Waals surface area contributed by atoms with Crippen molar-refractivity contribution < 1.29 is 13.2 Å². The van der Waals surface area contributed by atoms with E-state index in [0.29, 0.717) is 0 Å². The summed E-state index contributed by atoms with van der Waals surface area (Å²) >= 11 is 0. The minimum absolute atomic E-state index is 0.255. The summed E-state index contributed by atoms with van der Waals surface area (Å²) in [6, 6.07) is 16.4. The molecule has 0 radical (unpaired) electrons. The van der Waals surface area contributed by atoms with E-state index in [0.717, 1.165) is 27.6 Å². The molecule has 1 N–H and O–H groups in total. The van der Waals surface area contributed by atoms with Crippen LogP contribution >= 0.6 is 0 Å². The molecule has 0 spiro atoms. The summed E-state index contributed by atoms with van der Waals surface area (Å²) in [7, 11) is -2.01. The fraction of sp³-hybridized carbons (Fsp3) is 0.238. The molecule has 1 unspecified atom stereocenters. The molecule has 0 aliphatic rings. The van der Waals surface area contributed by atoms with Crippen LogP contribution in [-0.4, -0.2) is 15.5 Å². The van der Waals surface area contributed by atoms with Gasteiger partial charge in [0.25, 0.3) is 0 Å². The van der Waals surface area contributed by atoms with E-state index in [1.807, 2.05) is 57.2 Å². The number of ether oxygens (including phenoxy) is 1. The van der Waals surface area contributed by atoms with Crippen LogP contribution in [0.2, 0.25) is 0 Å². The van der Waals surface area contributed by atoms with Crippen LogP contribution in [0.25, 0.3) is 10.8 Å². The number of rotatable bonds is 5. The molecule has 0 bridgehead atoms. The summed E-state index contributed by atoms with van der Waals surface area (Å²) in [6.45, 7) is 5.92. The summed E-state index contributed by atoms with van der Waals surface area (Å²) in [5, 5.41) is 1.79. The Labute approximate surface area is 154 Å². The third kappa shape index (κ3) is 3.74. The van der Waals surface area contributed by atoms with Crippen molar-refractivity contribution in [3.63, 3.8) is 0 Å². The smallest absolute Gasteiger partial charge is 0.241 e. The van der Waals surface area contributed by atoms with Crippen molar-refractivity contribution in [2.45, 2.75) is 31.7 Å². The highest BCUT2D eigenvalue weighted by Crippen LogP contribution is 2.25. The van der Waals surface area contributed by atoms with Crippen molar-refractivity contribution >= 4 is 20.8 Å². The molecule has 0 aliphatic carbocycles. The predicted molar refractivity (Wildman–Crippen MR) is 105 cm³/mol. The van der Waals surface area contributed by atoms with Crippen molar-refractivity contribution in [1.29, 1.82) is 0 Å². The number of aryl methyl sites for hydroxylation is 2. The maximum atomic E-state index is 12.8. The van der Waals surface area contributed by atoms with Gasteiger partial charge < -0.3 is 4.74 Å². The molecule has 0 saturated carbocycles. The van der Waals surface area contributed by atoms with Gasteiger partial charge >= 0.3 is 0 Å². The average Bonchev–Trinajstić information content (AvgIpc) is 2.62. The second kappa shape index (κ2) is 7.09. The van der Waals surface area contributed by atoms with Gasteiger partial charge in [-0.25, -0.2) is 13.1 Å². The van der Waals surface area contributed by atoms with Crippen LogP contribution in [0.15, 0.2) is 59.5 Å². The van der Waals surface area contributed by atoms with Gasteiger partial charge in [-0.15, -0.1) is 0 Å². The SMILES string of the molecule is COc1ccc2cc(S(=O)(=O)NC(C)c3ccc(C)c(C)c3)ccc2c1. The molecule has 0 aromatic heterocycles. The molecule has 3 aromatic carbocycles. The predicted octanol–water partition coefficient (Wildman–Crippen LogP) is 4.50. The summed E-state index contributed by atoms with van der Waals surface area (Å²) in [5.41, 5.74) is 3.28. The Morgan fingerprint density at radius 3 is 2.27 bits per heavy atom. The van der Waals surface area contributed by atoms with Crippen molar-refractivity contribution in [2.75, 3.05) is 7.11 Å². The maximum absolute atomic E-state index is 12.8. The molecule has 3 rings (SSSR count). The lowest BCUT2D eigenvalue weighted by atomic mass is 10.0. The van der Waals surface area contributed by atoms with Gasteiger partial charge in [0.05, 0.1) is 12.0 Å². The first-order valence-electron chi connectivity index (χ1n) is 8.47. The second-order valence-corrected chi connectivity index (χ2v) is 8.28. The van der Waals surface area contributed by atoms with Crippen LogP contribution in [0.1, 0.15) is 29.7 Å². The molecule has 4 nitrogen and oxygen atoms in total. The monoisotopic (exact) mass is 369 g/mol. The molecule has 0 amide bonds. The topological polar surface area (TPSA) is 55.4 Å². The van der Waals surface area contributed by atoms with Gasteiger partial charge in [-0.2, -0.15) is 0 Å². The minimum Gasteiger partial charge on any atom is -0.497 e. The van der Waals surface area contributed by atoms with Crippen LogP contribution < -0.4 is 9.46 Å². The Morgan fingerprint density at radius 2 is 1.58 bits per heavy atom. The van der Waals surface area contributed by atoms with Gasteiger partial charge in [-0.3, -0.25) is 0 Å². The number of nitrogens with one attached hydrogen (secondary N) is 1. The molecular weight excluding hydrogens is 346 g/mol. The fourth-order valence-electron chi connectivity index (χ4n) is 2.90. The largest absolute Gasteiger partial charge is 0.497 e. The zero-order chi connectivity index (χ0) is 18.9. The van der Waals surface area contributed by atoms with Crippen molar-refractivity contribution in [1.82, 2.24) is 4.72 Å². The quantitative estimate of drug-likeness (QED) is 0.720. The first-order valence-corrected chi connectivity index (χ1v) is 9.96. The zero-order valence-corrected chi connectivity index (χ0v) is 16.2. The van der Waals surface area contributed by atoms with Gasteiger partial charge in [0, 0.05) is 6.04 Å². The number of sulfonamides is 1. The highest BCUT2D eigenvalue weighted by atomic mass is 32.2. The highest BCUT2D eigenvalue weighted by molar-refractivity contribution is 7.89. The van der Waals surface area contributed by atoms with E-state index in [2.05, 4.69) is 4.72 Å². The van der Waals surface area contributed by atoms with Gasteiger partial charge in [0.15, 0.2) is 0 Å². The normalized spacial score (nSPS) is 12.9. The van der Waals surface area contributed by atoms with E-state index in [4.69, 9.17) is 4.74 Å². The third-order valence-corrected chi connectivity index (χ3v) is 6.23. The summed E-state index contributed by atoms with van der Waals surface area (Å²) in [5.74, 6) is 0.745. The number of hydrogen-bond donors (Lipinski definition) is 1. The summed E-state index contributed by atoms with van der Waals surface area (Å²) in [4.78, 5) is 0.255. The molecule has 1 atom stereocenters. The lowest BCUT2D eigenvalue weighted by Crippen LogP contribution is -2.27. The maximum Gasteiger partial charge on any atom is 0.241 e. The van der Waals surface area contributed by atoms with E-state index in [1.165, 1.54) is 5.56 Å². The lowest BCUT2D eigenvalue weighted by molar-refractivity contribution is 0.415. The molecular formula is C21H23NO3S. The Balaban J connectivity index is 1.89. The Bertz CT molecular complexity index is 1060. The van der Waals surface area contributed by atoms with Crippen LogP contribution in [0.4, 0.5) is 0 Å². The van der Waals surface area contributed by atoms with E-state index < -0.39 is 10.0 Å². The molecule has 5 heteroatoms. The number of hydrogen-bond acceptors (Lipinski definition) is 3. The average molecular weight is 369 g/mol. The molecule has 0 fully saturated rings. The summed E-state index contributed by atoms with van der Waals surface area (Å²) < 4.78 is 33.6. The second-order valence-electron chi connectivity index (χ2n) is 6.56. The third-order valence-electron chi connectivity index (χ3n) is 4.69. The van der Waals surface area contributed by atoms with Gasteiger partial charge in [-0.05, 0) is 72.5 Å². The number of fused-ring (bicyclic) bond motifs is 1. The number of benzene rings is 3.